The third-order valence-electron chi connectivity index (χ3n) is 7.47. The van der Waals surface area contributed by atoms with E-state index in [1.807, 2.05) is 38.1 Å². The molecule has 1 atom stereocenters. The number of para-hydroxylation sites is 1. The summed E-state index contributed by atoms with van der Waals surface area (Å²) in [6.07, 6.45) is 1.65. The van der Waals surface area contributed by atoms with Crippen LogP contribution in [0.3, 0.4) is 0 Å². The molecule has 0 aliphatic carbocycles. The number of carboxylic acids is 1. The molecule has 0 saturated heterocycles. The van der Waals surface area contributed by atoms with E-state index in [9.17, 15) is 19.5 Å². The van der Waals surface area contributed by atoms with Crippen LogP contribution in [0.5, 0.6) is 5.75 Å². The summed E-state index contributed by atoms with van der Waals surface area (Å²) in [4.78, 5) is 46.3. The van der Waals surface area contributed by atoms with Gasteiger partial charge < -0.3 is 19.2 Å². The van der Waals surface area contributed by atoms with Crippen molar-refractivity contribution in [3.05, 3.63) is 108 Å². The number of methoxy groups -OCH3 is 1. The molecule has 0 saturated carbocycles. The second kappa shape index (κ2) is 11.7. The van der Waals surface area contributed by atoms with Crippen LogP contribution >= 0.6 is 11.3 Å². The number of likely N-dealkylation sites (N-methyl/N-ethyl adjacent to an activating group) is 1. The highest BCUT2D eigenvalue weighted by molar-refractivity contribution is 7.07. The van der Waals surface area contributed by atoms with Gasteiger partial charge in [0.25, 0.3) is 11.5 Å². The van der Waals surface area contributed by atoms with Crippen LogP contribution in [0.25, 0.3) is 17.4 Å². The van der Waals surface area contributed by atoms with Gasteiger partial charge in [-0.2, -0.15) is 0 Å². The van der Waals surface area contributed by atoms with Crippen LogP contribution in [-0.2, 0) is 4.79 Å². The molecule has 4 aromatic rings. The van der Waals surface area contributed by atoms with Crippen molar-refractivity contribution in [1.29, 1.82) is 0 Å². The summed E-state index contributed by atoms with van der Waals surface area (Å²) in [5.41, 5.74) is 2.78. The van der Waals surface area contributed by atoms with Crippen molar-refractivity contribution in [3.8, 4) is 17.1 Å². The summed E-state index contributed by atoms with van der Waals surface area (Å²) >= 11 is 1.21. The number of hydrogen-bond donors (Lipinski definition) is 1. The van der Waals surface area contributed by atoms with Gasteiger partial charge in [-0.3, -0.25) is 14.2 Å². The van der Waals surface area contributed by atoms with E-state index in [0.29, 0.717) is 67.7 Å². The van der Waals surface area contributed by atoms with Gasteiger partial charge in [0.1, 0.15) is 23.3 Å². The summed E-state index contributed by atoms with van der Waals surface area (Å²) in [6.45, 7) is 8.40. The quantitative estimate of drug-likeness (QED) is 0.328. The number of thiazole rings is 1. The molecule has 2 aromatic heterocycles. The van der Waals surface area contributed by atoms with E-state index in [1.54, 1.807) is 66.8 Å². The number of fused-ring (bicyclic) bond motifs is 1. The molecule has 0 bridgehead atoms. The summed E-state index contributed by atoms with van der Waals surface area (Å²) < 4.78 is 13.7. The van der Waals surface area contributed by atoms with Crippen LogP contribution in [0.2, 0.25) is 0 Å². The molecular formula is C32H31N3O6S. The number of benzene rings is 2. The van der Waals surface area contributed by atoms with E-state index in [0.717, 1.165) is 0 Å². The lowest BCUT2D eigenvalue weighted by Gasteiger charge is -2.29. The van der Waals surface area contributed by atoms with Gasteiger partial charge in [0, 0.05) is 30.3 Å². The number of carbonyl (C=O) groups excluding carboxylic acids is 1. The van der Waals surface area contributed by atoms with Crippen LogP contribution < -0.4 is 19.6 Å². The van der Waals surface area contributed by atoms with E-state index in [4.69, 9.17) is 14.1 Å². The second-order valence-corrected chi connectivity index (χ2v) is 10.8. The number of rotatable bonds is 8. The van der Waals surface area contributed by atoms with Crippen LogP contribution in [-0.4, -0.2) is 46.6 Å². The molecule has 0 spiro atoms. The molecule has 1 N–H and O–H groups in total. The van der Waals surface area contributed by atoms with Crippen molar-refractivity contribution < 1.29 is 23.8 Å². The minimum absolute atomic E-state index is 0.180. The van der Waals surface area contributed by atoms with Crippen molar-refractivity contribution in [2.75, 3.05) is 20.2 Å². The third-order valence-corrected chi connectivity index (χ3v) is 8.45. The molecule has 0 fully saturated rings. The van der Waals surface area contributed by atoms with Gasteiger partial charge in [0.2, 0.25) is 0 Å². The Morgan fingerprint density at radius 2 is 1.83 bits per heavy atom. The van der Waals surface area contributed by atoms with Crippen molar-refractivity contribution in [2.45, 2.75) is 33.7 Å². The Hall–Kier alpha value is -4.70. The maximum Gasteiger partial charge on any atom is 0.335 e. The summed E-state index contributed by atoms with van der Waals surface area (Å²) in [6, 6.07) is 15.1. The van der Waals surface area contributed by atoms with Crippen LogP contribution in [0, 0.1) is 6.92 Å². The van der Waals surface area contributed by atoms with Gasteiger partial charge in [-0.05, 0) is 57.5 Å². The van der Waals surface area contributed by atoms with Gasteiger partial charge >= 0.3 is 5.97 Å². The highest BCUT2D eigenvalue weighted by Gasteiger charge is 2.35. The zero-order valence-electron chi connectivity index (χ0n) is 24.0. The molecular weight excluding hydrogens is 554 g/mol. The van der Waals surface area contributed by atoms with E-state index in [1.165, 1.54) is 11.3 Å². The van der Waals surface area contributed by atoms with Crippen molar-refractivity contribution in [1.82, 2.24) is 9.47 Å². The Morgan fingerprint density at radius 3 is 2.52 bits per heavy atom. The maximum atomic E-state index is 14.0. The monoisotopic (exact) mass is 585 g/mol. The van der Waals surface area contributed by atoms with Crippen LogP contribution in [0.15, 0.2) is 80.1 Å². The molecule has 1 aliphatic rings. The Morgan fingerprint density at radius 1 is 1.10 bits per heavy atom. The van der Waals surface area contributed by atoms with Crippen molar-refractivity contribution in [3.63, 3.8) is 0 Å². The fourth-order valence-electron chi connectivity index (χ4n) is 5.30. The Bertz CT molecular complexity index is 1910. The standard InChI is InChI=1S/C32H31N3O6S/c1-6-34(7-2)30(37)27-19(4)33-32-35(28(27)23-11-8-9-14-24(23)40-5)29(36)26(42-32)17-20-15-16-25(41-20)21-12-10-13-22(18(21)3)31(38)39/h8-17,28H,6-7H2,1-5H3,(H,38,39)/b26-17-. The Labute approximate surface area is 246 Å². The fraction of sp³-hybridized carbons (Fsp3) is 0.250. The molecule has 2 aromatic carbocycles. The number of furan rings is 1. The van der Waals surface area contributed by atoms with Crippen LogP contribution in [0.4, 0.5) is 0 Å². The number of amides is 1. The highest BCUT2D eigenvalue weighted by Crippen LogP contribution is 2.36. The minimum Gasteiger partial charge on any atom is -0.496 e. The first-order valence-electron chi connectivity index (χ1n) is 13.6. The lowest BCUT2D eigenvalue weighted by atomic mass is 9.94. The Balaban J connectivity index is 1.66. The molecule has 9 nitrogen and oxygen atoms in total. The predicted octanol–water partition coefficient (Wildman–Crippen LogP) is 4.38. The van der Waals surface area contributed by atoms with Crippen molar-refractivity contribution >= 4 is 29.3 Å². The number of hydrogen-bond acceptors (Lipinski definition) is 7. The van der Waals surface area contributed by atoms with Crippen LogP contribution in [0.1, 0.15) is 54.1 Å². The number of nitrogens with zero attached hydrogens (tertiary/aromatic N) is 3. The normalized spacial score (nSPS) is 14.9. The van der Waals surface area contributed by atoms with Gasteiger partial charge in [-0.1, -0.05) is 41.7 Å². The predicted molar refractivity (Wildman–Crippen MR) is 161 cm³/mol. The number of carbonyl (C=O) groups is 2. The van der Waals surface area contributed by atoms with Gasteiger partial charge in [-0.15, -0.1) is 0 Å². The molecule has 1 unspecified atom stereocenters. The smallest absolute Gasteiger partial charge is 0.335 e. The lowest BCUT2D eigenvalue weighted by molar-refractivity contribution is -0.127. The van der Waals surface area contributed by atoms with E-state index in [2.05, 4.69) is 0 Å². The first-order valence-corrected chi connectivity index (χ1v) is 14.4. The molecule has 42 heavy (non-hydrogen) atoms. The summed E-state index contributed by atoms with van der Waals surface area (Å²) in [5.74, 6) is 0.289. The lowest BCUT2D eigenvalue weighted by Crippen LogP contribution is -2.43. The SMILES string of the molecule is CCN(CC)C(=O)C1=C(C)N=c2s/c(=C\c3ccc(-c4cccc(C(=O)O)c4C)o3)c(=O)n2C1c1ccccc1OC. The third kappa shape index (κ3) is 4.98. The van der Waals surface area contributed by atoms with Gasteiger partial charge in [0.15, 0.2) is 4.80 Å². The zero-order valence-corrected chi connectivity index (χ0v) is 24.8. The molecule has 0 radical (unpaired) electrons. The highest BCUT2D eigenvalue weighted by atomic mass is 32.1. The fourth-order valence-corrected chi connectivity index (χ4v) is 6.33. The van der Waals surface area contributed by atoms with E-state index in [-0.39, 0.29) is 17.0 Å². The molecule has 5 rings (SSSR count). The molecule has 216 valence electrons. The molecule has 1 aliphatic heterocycles. The number of aromatic nitrogens is 1. The summed E-state index contributed by atoms with van der Waals surface area (Å²) in [7, 11) is 1.56. The molecule has 10 heteroatoms. The first kappa shape index (κ1) is 28.8. The second-order valence-electron chi connectivity index (χ2n) is 9.79. The average Bonchev–Trinajstić information content (AvgIpc) is 3.56. The largest absolute Gasteiger partial charge is 0.496 e. The molecule has 1 amide bonds. The van der Waals surface area contributed by atoms with Crippen molar-refractivity contribution in [2.24, 2.45) is 4.99 Å². The van der Waals surface area contributed by atoms with E-state index >= 15 is 0 Å². The maximum absolute atomic E-state index is 14.0. The van der Waals surface area contributed by atoms with Gasteiger partial charge in [0.05, 0.1) is 28.5 Å². The zero-order chi connectivity index (χ0) is 30.1. The number of aromatic carboxylic acids is 1. The minimum atomic E-state index is -1.01. The number of allylic oxidation sites excluding steroid dienone is 1. The Kier molecular flexibility index (Phi) is 8.00. The number of carboxylic acid groups (broad SMARTS) is 1. The summed E-state index contributed by atoms with van der Waals surface area (Å²) in [5, 5.41) is 9.50. The first-order chi connectivity index (χ1) is 20.2. The van der Waals surface area contributed by atoms with E-state index < -0.39 is 12.0 Å². The molecule has 3 heterocycles. The van der Waals surface area contributed by atoms with Gasteiger partial charge in [-0.25, -0.2) is 9.79 Å². The average molecular weight is 586 g/mol. The number of ether oxygens (including phenoxy) is 1. The topological polar surface area (TPSA) is 114 Å².